The largest absolute Gasteiger partial charge is 0.355 e. The van der Waals surface area contributed by atoms with Gasteiger partial charge in [0.1, 0.15) is 5.01 Å². The number of hydrogen-bond acceptors (Lipinski definition) is 5. The third-order valence-corrected chi connectivity index (χ3v) is 6.99. The Morgan fingerprint density at radius 1 is 1.20 bits per heavy atom. The number of aliphatic imine (C=N–C) groups is 1. The summed E-state index contributed by atoms with van der Waals surface area (Å²) >= 11 is 1.63. The number of fused-ring (bicyclic) bond motifs is 5. The van der Waals surface area contributed by atoms with Crippen molar-refractivity contribution in [1.29, 1.82) is 0 Å². The molecule has 2 heterocycles. The van der Waals surface area contributed by atoms with Crippen LogP contribution in [0.5, 0.6) is 0 Å². The summed E-state index contributed by atoms with van der Waals surface area (Å²) in [6.45, 7) is 7.88. The van der Waals surface area contributed by atoms with Gasteiger partial charge in [0.05, 0.1) is 24.1 Å². The van der Waals surface area contributed by atoms with Crippen LogP contribution in [0.15, 0.2) is 22.5 Å². The van der Waals surface area contributed by atoms with Crippen molar-refractivity contribution in [3.05, 3.63) is 28.2 Å². The van der Waals surface area contributed by atoms with Crippen molar-refractivity contribution in [2.24, 2.45) is 28.7 Å². The van der Waals surface area contributed by atoms with E-state index in [0.717, 1.165) is 17.1 Å². The van der Waals surface area contributed by atoms with Crippen molar-refractivity contribution in [2.45, 2.75) is 39.2 Å². The molecule has 7 nitrogen and oxygen atoms in total. The standard InChI is InChI=1S/C21H29N5O2S.HI/c1-21(2,3)14-11-29-15(25-14)10-24-20(22-4)23-7-8-26-18(27)16-12-5-6-13(9-12)17(16)19(26)28;/h5-6,11-13,16-17H,7-10H2,1-4H3,(H2,22,23,24);1H. The second-order valence-electron chi connectivity index (χ2n) is 9.06. The van der Waals surface area contributed by atoms with Crippen molar-refractivity contribution in [3.63, 3.8) is 0 Å². The number of imide groups is 1. The first-order chi connectivity index (χ1) is 13.8. The summed E-state index contributed by atoms with van der Waals surface area (Å²) in [7, 11) is 1.71. The van der Waals surface area contributed by atoms with Gasteiger partial charge >= 0.3 is 0 Å². The lowest BCUT2D eigenvalue weighted by molar-refractivity contribution is -0.140. The average molecular weight is 543 g/mol. The zero-order valence-electron chi connectivity index (χ0n) is 17.8. The molecule has 1 saturated carbocycles. The van der Waals surface area contributed by atoms with Crippen LogP contribution in [0.3, 0.4) is 0 Å². The van der Waals surface area contributed by atoms with E-state index in [0.29, 0.717) is 25.6 Å². The smallest absolute Gasteiger partial charge is 0.233 e. The lowest BCUT2D eigenvalue weighted by Crippen LogP contribution is -2.43. The van der Waals surface area contributed by atoms with Gasteiger partial charge in [0.2, 0.25) is 11.8 Å². The number of thiazole rings is 1. The minimum absolute atomic E-state index is 0. The van der Waals surface area contributed by atoms with Crippen LogP contribution in [-0.4, -0.2) is 47.8 Å². The number of aromatic nitrogens is 1. The van der Waals surface area contributed by atoms with Crippen molar-refractivity contribution < 1.29 is 9.59 Å². The lowest BCUT2D eigenvalue weighted by atomic mass is 9.85. The Kier molecular flexibility index (Phi) is 6.91. The number of nitrogens with zero attached hydrogens (tertiary/aromatic N) is 3. The van der Waals surface area contributed by atoms with E-state index in [1.165, 1.54) is 4.90 Å². The highest BCUT2D eigenvalue weighted by molar-refractivity contribution is 14.0. The first-order valence-electron chi connectivity index (χ1n) is 10.2. The molecule has 1 aromatic rings. The van der Waals surface area contributed by atoms with E-state index in [1.54, 1.807) is 18.4 Å². The molecule has 2 bridgehead atoms. The molecule has 30 heavy (non-hydrogen) atoms. The highest BCUT2D eigenvalue weighted by atomic mass is 127. The van der Waals surface area contributed by atoms with Crippen LogP contribution in [0, 0.1) is 23.7 Å². The molecule has 0 aromatic carbocycles. The molecule has 2 N–H and O–H groups in total. The molecule has 4 rings (SSSR count). The lowest BCUT2D eigenvalue weighted by Gasteiger charge is -2.18. The van der Waals surface area contributed by atoms with Gasteiger partial charge in [0.25, 0.3) is 0 Å². The monoisotopic (exact) mass is 543 g/mol. The molecule has 3 aliphatic rings. The van der Waals surface area contributed by atoms with Gasteiger partial charge < -0.3 is 10.6 Å². The minimum atomic E-state index is -0.128. The molecule has 0 spiro atoms. The minimum Gasteiger partial charge on any atom is -0.355 e. The quantitative estimate of drug-likeness (QED) is 0.196. The van der Waals surface area contributed by atoms with Gasteiger partial charge in [-0.05, 0) is 18.3 Å². The second kappa shape index (κ2) is 8.94. The molecule has 4 atom stereocenters. The molecule has 2 aliphatic carbocycles. The molecule has 164 valence electrons. The summed E-state index contributed by atoms with van der Waals surface area (Å²) in [5.74, 6) is 0.890. The Morgan fingerprint density at radius 2 is 1.83 bits per heavy atom. The molecule has 2 amide bonds. The fourth-order valence-corrected chi connectivity index (χ4v) is 5.55. The number of likely N-dealkylation sites (tertiary alicyclic amines) is 1. The number of halogens is 1. The predicted octanol–water partition coefficient (Wildman–Crippen LogP) is 2.53. The van der Waals surface area contributed by atoms with Crippen LogP contribution >= 0.6 is 35.3 Å². The number of hydrogen-bond donors (Lipinski definition) is 2. The fraction of sp³-hybridized carbons (Fsp3) is 0.619. The normalized spacial score (nSPS) is 27.5. The summed E-state index contributed by atoms with van der Waals surface area (Å²) in [6.07, 6.45) is 5.20. The zero-order chi connectivity index (χ0) is 20.8. The maximum Gasteiger partial charge on any atom is 0.233 e. The fourth-order valence-electron chi connectivity index (χ4n) is 4.59. The number of carbonyl (C=O) groups is 2. The van der Waals surface area contributed by atoms with Crippen LogP contribution < -0.4 is 10.6 Å². The van der Waals surface area contributed by atoms with E-state index in [-0.39, 0.29) is 64.9 Å². The molecule has 4 unspecified atom stereocenters. The number of guanidine groups is 1. The van der Waals surface area contributed by atoms with Gasteiger partial charge in [-0.3, -0.25) is 19.5 Å². The van der Waals surface area contributed by atoms with Crippen molar-refractivity contribution in [3.8, 4) is 0 Å². The molecule has 1 saturated heterocycles. The number of nitrogens with one attached hydrogen (secondary N) is 2. The van der Waals surface area contributed by atoms with Crippen LogP contribution in [0.1, 0.15) is 37.9 Å². The van der Waals surface area contributed by atoms with E-state index in [1.807, 2.05) is 0 Å². The van der Waals surface area contributed by atoms with Gasteiger partial charge in [-0.15, -0.1) is 35.3 Å². The number of carbonyl (C=O) groups excluding carboxylic acids is 2. The second-order valence-corrected chi connectivity index (χ2v) is 10.00. The Balaban J connectivity index is 0.00000256. The van der Waals surface area contributed by atoms with Gasteiger partial charge in [-0.1, -0.05) is 32.9 Å². The van der Waals surface area contributed by atoms with Crippen LogP contribution in [0.25, 0.3) is 0 Å². The van der Waals surface area contributed by atoms with Crippen molar-refractivity contribution >= 4 is 53.1 Å². The molecule has 1 aromatic heterocycles. The van der Waals surface area contributed by atoms with Crippen molar-refractivity contribution in [1.82, 2.24) is 20.5 Å². The molecule has 1 aliphatic heterocycles. The molecule has 2 fully saturated rings. The Hall–Kier alpha value is -1.49. The molecule has 9 heteroatoms. The highest BCUT2D eigenvalue weighted by Gasteiger charge is 2.58. The summed E-state index contributed by atoms with van der Waals surface area (Å²) in [6, 6.07) is 0. The summed E-state index contributed by atoms with van der Waals surface area (Å²) in [5, 5.41) is 9.55. The van der Waals surface area contributed by atoms with E-state index in [4.69, 9.17) is 0 Å². The van der Waals surface area contributed by atoms with Gasteiger partial charge in [-0.25, -0.2) is 4.98 Å². The van der Waals surface area contributed by atoms with Crippen LogP contribution in [-0.2, 0) is 21.5 Å². The number of amides is 2. The predicted molar refractivity (Wildman–Crippen MR) is 129 cm³/mol. The summed E-state index contributed by atoms with van der Waals surface area (Å²) in [5.41, 5.74) is 1.12. The number of allylic oxidation sites excluding steroid dienone is 2. The topological polar surface area (TPSA) is 86.7 Å². The van der Waals surface area contributed by atoms with Gasteiger partial charge in [0.15, 0.2) is 5.96 Å². The Labute approximate surface area is 198 Å². The number of rotatable bonds is 5. The van der Waals surface area contributed by atoms with Gasteiger partial charge in [0, 0.05) is 30.9 Å². The first-order valence-corrected chi connectivity index (χ1v) is 11.1. The SMILES string of the molecule is CN=C(NCCN1C(=O)C2C3C=CC(C3)C2C1=O)NCc1nc(C(C)(C)C)cs1.I. The zero-order valence-corrected chi connectivity index (χ0v) is 21.0. The van der Waals surface area contributed by atoms with Crippen molar-refractivity contribution in [2.75, 3.05) is 20.1 Å². The van der Waals surface area contributed by atoms with Crippen LogP contribution in [0.4, 0.5) is 0 Å². The Bertz CT molecular complexity index is 845. The van der Waals surface area contributed by atoms with Crippen LogP contribution in [0.2, 0.25) is 0 Å². The molecular weight excluding hydrogens is 513 g/mol. The van der Waals surface area contributed by atoms with E-state index >= 15 is 0 Å². The summed E-state index contributed by atoms with van der Waals surface area (Å²) in [4.78, 5) is 35.8. The van der Waals surface area contributed by atoms with E-state index in [2.05, 4.69) is 58.9 Å². The maximum atomic E-state index is 12.7. The molecule has 0 radical (unpaired) electrons. The highest BCUT2D eigenvalue weighted by Crippen LogP contribution is 2.52. The van der Waals surface area contributed by atoms with E-state index in [9.17, 15) is 9.59 Å². The summed E-state index contributed by atoms with van der Waals surface area (Å²) < 4.78 is 0. The average Bonchev–Trinajstić information content (AvgIpc) is 3.43. The van der Waals surface area contributed by atoms with Gasteiger partial charge in [-0.2, -0.15) is 0 Å². The third kappa shape index (κ3) is 4.28. The Morgan fingerprint density at radius 3 is 2.37 bits per heavy atom. The first kappa shape index (κ1) is 23.2. The maximum absolute atomic E-state index is 12.7. The third-order valence-electron chi connectivity index (χ3n) is 6.14. The molecular formula is C21H30IN5O2S. The van der Waals surface area contributed by atoms with E-state index < -0.39 is 0 Å².